The molecule has 8 heteroatoms. The van der Waals surface area contributed by atoms with Gasteiger partial charge in [-0.15, -0.1) is 0 Å². The van der Waals surface area contributed by atoms with Crippen molar-refractivity contribution in [3.05, 3.63) is 63.2 Å². The maximum Gasteiger partial charge on any atom is 0.238 e. The van der Waals surface area contributed by atoms with Gasteiger partial charge in [0.25, 0.3) is 0 Å². The number of carbonyl (C=O) groups is 1. The number of benzene rings is 2. The second kappa shape index (κ2) is 9.63. The number of aromatic nitrogens is 1. The van der Waals surface area contributed by atoms with Crippen molar-refractivity contribution in [3.8, 4) is 5.75 Å². The molecule has 5 nitrogen and oxygen atoms in total. The molecule has 3 aromatic rings. The average molecular weight is 453 g/mol. The van der Waals surface area contributed by atoms with Crippen LogP contribution < -0.4 is 10.1 Å². The Morgan fingerprint density at radius 2 is 1.86 bits per heavy atom. The molecule has 0 atom stereocenters. The fourth-order valence-electron chi connectivity index (χ4n) is 2.92. The Bertz CT molecular complexity index is 1020. The standard InChI is InChI=1S/C21H20Cl3N3O2/c1-3-27(12-19(28)26-20-16(22)5-4-6-17(20)23)11-14-9-13-7-8-15(29-2)10-18(13)25-21(14)24/h4-10H,3,11-12H2,1-2H3,(H,26,28). The summed E-state index contributed by atoms with van der Waals surface area (Å²) in [6.07, 6.45) is 0. The van der Waals surface area contributed by atoms with Gasteiger partial charge in [-0.2, -0.15) is 0 Å². The number of hydrogen-bond acceptors (Lipinski definition) is 4. The molecule has 0 unspecified atom stereocenters. The number of hydrogen-bond donors (Lipinski definition) is 1. The number of amides is 1. The van der Waals surface area contributed by atoms with E-state index in [4.69, 9.17) is 39.5 Å². The van der Waals surface area contributed by atoms with Gasteiger partial charge in [-0.1, -0.05) is 47.8 Å². The van der Waals surface area contributed by atoms with Crippen LogP contribution in [0, 0.1) is 0 Å². The number of nitrogens with one attached hydrogen (secondary N) is 1. The molecule has 29 heavy (non-hydrogen) atoms. The lowest BCUT2D eigenvalue weighted by Crippen LogP contribution is -2.33. The van der Waals surface area contributed by atoms with Gasteiger partial charge >= 0.3 is 0 Å². The monoisotopic (exact) mass is 451 g/mol. The number of methoxy groups -OCH3 is 1. The smallest absolute Gasteiger partial charge is 0.238 e. The summed E-state index contributed by atoms with van der Waals surface area (Å²) in [7, 11) is 1.61. The molecule has 0 radical (unpaired) electrons. The molecule has 0 fully saturated rings. The molecule has 2 aromatic carbocycles. The van der Waals surface area contributed by atoms with E-state index in [9.17, 15) is 4.79 Å². The van der Waals surface area contributed by atoms with Crippen LogP contribution in [-0.4, -0.2) is 36.0 Å². The SMILES string of the molecule is CCN(CC(=O)Nc1c(Cl)cccc1Cl)Cc1cc2ccc(OC)cc2nc1Cl. The summed E-state index contributed by atoms with van der Waals surface area (Å²) in [5, 5.41) is 4.92. The van der Waals surface area contributed by atoms with E-state index >= 15 is 0 Å². The van der Waals surface area contributed by atoms with Crippen LogP contribution in [0.4, 0.5) is 5.69 Å². The molecule has 0 aliphatic heterocycles. The summed E-state index contributed by atoms with van der Waals surface area (Å²) in [4.78, 5) is 18.9. The first kappa shape index (κ1) is 21.7. The summed E-state index contributed by atoms with van der Waals surface area (Å²) in [5.41, 5.74) is 2.01. The van der Waals surface area contributed by atoms with E-state index in [0.29, 0.717) is 34.0 Å². The Labute approximate surface area is 184 Å². The molecule has 0 saturated carbocycles. The molecule has 0 saturated heterocycles. The van der Waals surface area contributed by atoms with Gasteiger partial charge in [-0.25, -0.2) is 4.98 Å². The van der Waals surface area contributed by atoms with E-state index in [1.165, 1.54) is 0 Å². The summed E-state index contributed by atoms with van der Waals surface area (Å²) in [6.45, 7) is 3.27. The summed E-state index contributed by atoms with van der Waals surface area (Å²) in [6, 6.07) is 12.7. The van der Waals surface area contributed by atoms with Crippen molar-refractivity contribution in [3.63, 3.8) is 0 Å². The lowest BCUT2D eigenvalue weighted by atomic mass is 10.1. The van der Waals surface area contributed by atoms with Crippen LogP contribution in [0.1, 0.15) is 12.5 Å². The second-order valence-electron chi connectivity index (χ2n) is 6.45. The fourth-order valence-corrected chi connectivity index (χ4v) is 3.62. The van der Waals surface area contributed by atoms with Crippen LogP contribution in [0.5, 0.6) is 5.75 Å². The van der Waals surface area contributed by atoms with Crippen LogP contribution in [0.25, 0.3) is 10.9 Å². The number of likely N-dealkylation sites (N-methyl/N-ethyl adjacent to an activating group) is 1. The summed E-state index contributed by atoms with van der Waals surface area (Å²) in [5.74, 6) is 0.510. The first-order chi connectivity index (χ1) is 13.9. The van der Waals surface area contributed by atoms with Gasteiger partial charge in [-0.3, -0.25) is 9.69 Å². The maximum atomic E-state index is 12.5. The molecule has 1 aromatic heterocycles. The van der Waals surface area contributed by atoms with E-state index in [1.807, 2.05) is 36.1 Å². The summed E-state index contributed by atoms with van der Waals surface area (Å²) < 4.78 is 5.23. The molecular formula is C21H20Cl3N3O2. The van der Waals surface area contributed by atoms with Gasteiger partial charge in [-0.05, 0) is 36.9 Å². The molecular weight excluding hydrogens is 433 g/mol. The van der Waals surface area contributed by atoms with Crippen LogP contribution in [0.3, 0.4) is 0 Å². The number of rotatable bonds is 7. The Hall–Kier alpha value is -2.05. The molecule has 0 spiro atoms. The normalized spacial score (nSPS) is 11.1. The largest absolute Gasteiger partial charge is 0.497 e. The Kier molecular flexibility index (Phi) is 7.19. The second-order valence-corrected chi connectivity index (χ2v) is 7.62. The van der Waals surface area contributed by atoms with Gasteiger partial charge in [0, 0.05) is 23.6 Å². The van der Waals surface area contributed by atoms with Gasteiger partial charge in [0.1, 0.15) is 10.9 Å². The van der Waals surface area contributed by atoms with Gasteiger partial charge in [0.2, 0.25) is 5.91 Å². The lowest BCUT2D eigenvalue weighted by Gasteiger charge is -2.21. The zero-order chi connectivity index (χ0) is 21.0. The Morgan fingerprint density at radius 3 is 2.52 bits per heavy atom. The van der Waals surface area contributed by atoms with Gasteiger partial charge in [0.15, 0.2) is 0 Å². The van der Waals surface area contributed by atoms with Crippen molar-refractivity contribution in [1.82, 2.24) is 9.88 Å². The minimum absolute atomic E-state index is 0.162. The molecule has 0 aliphatic carbocycles. The van der Waals surface area contributed by atoms with E-state index < -0.39 is 0 Å². The van der Waals surface area contributed by atoms with Crippen LogP contribution in [0.2, 0.25) is 15.2 Å². The minimum atomic E-state index is -0.212. The van der Waals surface area contributed by atoms with Gasteiger partial charge in [0.05, 0.1) is 34.9 Å². The van der Waals surface area contributed by atoms with Crippen LogP contribution in [0.15, 0.2) is 42.5 Å². The molecule has 1 N–H and O–H groups in total. The van der Waals surface area contributed by atoms with Crippen molar-refractivity contribution in [2.45, 2.75) is 13.5 Å². The Balaban J connectivity index is 1.74. The highest BCUT2D eigenvalue weighted by atomic mass is 35.5. The lowest BCUT2D eigenvalue weighted by molar-refractivity contribution is -0.117. The van der Waals surface area contributed by atoms with E-state index in [-0.39, 0.29) is 12.5 Å². The molecule has 0 aliphatic rings. The molecule has 3 rings (SSSR count). The molecule has 152 valence electrons. The number of carbonyl (C=O) groups excluding carboxylic acids is 1. The number of fused-ring (bicyclic) bond motifs is 1. The van der Waals surface area contributed by atoms with E-state index in [2.05, 4.69) is 10.3 Å². The third-order valence-corrected chi connectivity index (χ3v) is 5.44. The third-order valence-electron chi connectivity index (χ3n) is 4.49. The number of halogens is 3. The fraction of sp³-hybridized carbons (Fsp3) is 0.238. The highest BCUT2D eigenvalue weighted by molar-refractivity contribution is 6.39. The molecule has 1 heterocycles. The third kappa shape index (κ3) is 5.31. The van der Waals surface area contributed by atoms with E-state index in [1.54, 1.807) is 25.3 Å². The average Bonchev–Trinajstić information content (AvgIpc) is 2.70. The molecule has 0 bridgehead atoms. The maximum absolute atomic E-state index is 12.5. The Morgan fingerprint density at radius 1 is 1.14 bits per heavy atom. The van der Waals surface area contributed by atoms with Crippen molar-refractivity contribution in [2.24, 2.45) is 0 Å². The highest BCUT2D eigenvalue weighted by Gasteiger charge is 2.15. The predicted octanol–water partition coefficient (Wildman–Crippen LogP) is 5.66. The van der Waals surface area contributed by atoms with Gasteiger partial charge < -0.3 is 10.1 Å². The molecule has 1 amide bonds. The van der Waals surface area contributed by atoms with Crippen LogP contribution >= 0.6 is 34.8 Å². The summed E-state index contributed by atoms with van der Waals surface area (Å²) >= 11 is 18.6. The number of ether oxygens (including phenoxy) is 1. The zero-order valence-electron chi connectivity index (χ0n) is 16.0. The number of para-hydroxylation sites is 1. The van der Waals surface area contributed by atoms with Crippen molar-refractivity contribution >= 4 is 57.3 Å². The zero-order valence-corrected chi connectivity index (χ0v) is 18.3. The first-order valence-electron chi connectivity index (χ1n) is 9.00. The number of anilines is 1. The van der Waals surface area contributed by atoms with Crippen molar-refractivity contribution in [1.29, 1.82) is 0 Å². The van der Waals surface area contributed by atoms with Crippen molar-refractivity contribution < 1.29 is 9.53 Å². The predicted molar refractivity (Wildman–Crippen MR) is 119 cm³/mol. The highest BCUT2D eigenvalue weighted by Crippen LogP contribution is 2.30. The quantitative estimate of drug-likeness (QED) is 0.470. The number of pyridine rings is 1. The first-order valence-corrected chi connectivity index (χ1v) is 10.1. The van der Waals surface area contributed by atoms with Crippen LogP contribution in [-0.2, 0) is 11.3 Å². The number of nitrogens with zero attached hydrogens (tertiary/aromatic N) is 2. The minimum Gasteiger partial charge on any atom is -0.497 e. The van der Waals surface area contributed by atoms with Crippen molar-refractivity contribution in [2.75, 3.05) is 25.5 Å². The topological polar surface area (TPSA) is 54.5 Å². The van der Waals surface area contributed by atoms with E-state index in [0.717, 1.165) is 22.2 Å².